The maximum absolute atomic E-state index is 13.5. The molecule has 9 nitrogen and oxygen atoms in total. The molecule has 4 aromatic rings. The van der Waals surface area contributed by atoms with Crippen LogP contribution in [-0.4, -0.2) is 34.0 Å². The van der Waals surface area contributed by atoms with Crippen molar-refractivity contribution in [2.24, 2.45) is 7.05 Å². The molecule has 37 heavy (non-hydrogen) atoms. The molecule has 2 aromatic carbocycles. The molecular formula is C26H26ClN5O4S. The highest BCUT2D eigenvalue weighted by Gasteiger charge is 2.26. The van der Waals surface area contributed by atoms with Crippen molar-refractivity contribution in [3.8, 4) is 22.6 Å². The van der Waals surface area contributed by atoms with Gasteiger partial charge in [0.1, 0.15) is 22.9 Å². The Balaban J connectivity index is 1.44. The van der Waals surface area contributed by atoms with Gasteiger partial charge in [-0.05, 0) is 66.4 Å². The number of hydrogen-bond donors (Lipinski definition) is 1. The van der Waals surface area contributed by atoms with Gasteiger partial charge in [-0.3, -0.25) is 4.79 Å². The summed E-state index contributed by atoms with van der Waals surface area (Å²) >= 11 is 5.96. The van der Waals surface area contributed by atoms with E-state index in [0.717, 1.165) is 36.9 Å². The minimum atomic E-state index is -3.87. The lowest BCUT2D eigenvalue weighted by molar-refractivity contribution is 0.293. The molecule has 1 fully saturated rings. The number of benzene rings is 2. The molecule has 0 spiro atoms. The largest absolute Gasteiger partial charge is 0.486 e. The first-order chi connectivity index (χ1) is 17.8. The smallest absolute Gasteiger partial charge is 0.250 e. The van der Waals surface area contributed by atoms with Crippen LogP contribution in [-0.2, 0) is 23.7 Å². The van der Waals surface area contributed by atoms with Crippen LogP contribution in [0.4, 0.5) is 0 Å². The summed E-state index contributed by atoms with van der Waals surface area (Å²) in [5, 5.41) is 8.89. The average molecular weight is 540 g/mol. The Morgan fingerprint density at radius 3 is 2.49 bits per heavy atom. The van der Waals surface area contributed by atoms with Crippen molar-refractivity contribution in [1.82, 2.24) is 24.3 Å². The van der Waals surface area contributed by atoms with E-state index in [1.54, 1.807) is 60.5 Å². The summed E-state index contributed by atoms with van der Waals surface area (Å²) in [6.45, 7) is 0.0265. The zero-order valence-electron chi connectivity index (χ0n) is 20.2. The van der Waals surface area contributed by atoms with Gasteiger partial charge in [-0.2, -0.15) is 0 Å². The van der Waals surface area contributed by atoms with E-state index in [2.05, 4.69) is 15.0 Å². The number of aryl methyl sites for hydroxylation is 1. The van der Waals surface area contributed by atoms with E-state index in [1.807, 2.05) is 12.1 Å². The molecular weight excluding hydrogens is 514 g/mol. The first-order valence-corrected chi connectivity index (χ1v) is 13.8. The summed E-state index contributed by atoms with van der Waals surface area (Å²) < 4.78 is 38.8. The molecule has 0 atom stereocenters. The van der Waals surface area contributed by atoms with Gasteiger partial charge in [0.25, 0.3) is 0 Å². The molecule has 0 amide bonds. The highest BCUT2D eigenvalue weighted by molar-refractivity contribution is 7.89. The lowest BCUT2D eigenvalue weighted by atomic mass is 10.1. The molecule has 2 aromatic heterocycles. The molecule has 0 bridgehead atoms. The number of nitrogens with zero attached hydrogens (tertiary/aromatic N) is 4. The first-order valence-electron chi connectivity index (χ1n) is 11.9. The van der Waals surface area contributed by atoms with Crippen molar-refractivity contribution in [1.29, 1.82) is 0 Å². The van der Waals surface area contributed by atoms with Crippen molar-refractivity contribution in [2.45, 2.75) is 43.2 Å². The Kier molecular flexibility index (Phi) is 7.14. The fraction of sp³-hybridized carbons (Fsp3) is 0.269. The van der Waals surface area contributed by atoms with Crippen LogP contribution in [0, 0.1) is 0 Å². The maximum atomic E-state index is 13.5. The van der Waals surface area contributed by atoms with Gasteiger partial charge < -0.3 is 9.30 Å². The van der Waals surface area contributed by atoms with Crippen LogP contribution in [0.25, 0.3) is 16.8 Å². The molecule has 1 N–H and O–H groups in total. The van der Waals surface area contributed by atoms with Gasteiger partial charge in [0.05, 0.1) is 11.9 Å². The van der Waals surface area contributed by atoms with Crippen LogP contribution in [0.3, 0.4) is 0 Å². The monoisotopic (exact) mass is 539 g/mol. The number of ether oxygens (including phenoxy) is 1. The molecule has 1 aliphatic carbocycles. The number of nitrogens with one attached hydrogen (secondary N) is 1. The zero-order chi connectivity index (χ0) is 26.0. The fourth-order valence-corrected chi connectivity index (χ4v) is 5.95. The van der Waals surface area contributed by atoms with E-state index in [1.165, 1.54) is 10.6 Å². The quantitative estimate of drug-likeness (QED) is 0.361. The van der Waals surface area contributed by atoms with E-state index >= 15 is 0 Å². The van der Waals surface area contributed by atoms with E-state index in [9.17, 15) is 13.2 Å². The zero-order valence-corrected chi connectivity index (χ0v) is 21.7. The van der Waals surface area contributed by atoms with Gasteiger partial charge in [0.2, 0.25) is 15.6 Å². The second kappa shape index (κ2) is 10.5. The van der Waals surface area contributed by atoms with Crippen LogP contribution in [0.2, 0.25) is 5.02 Å². The lowest BCUT2D eigenvalue weighted by Gasteiger charge is -2.17. The third kappa shape index (κ3) is 5.76. The summed E-state index contributed by atoms with van der Waals surface area (Å²) in [5.41, 5.74) is 2.55. The first kappa shape index (κ1) is 25.2. The van der Waals surface area contributed by atoms with Gasteiger partial charge in [-0.25, -0.2) is 17.8 Å². The van der Waals surface area contributed by atoms with Gasteiger partial charge in [0, 0.05) is 30.4 Å². The molecule has 0 aliphatic heterocycles. The van der Waals surface area contributed by atoms with Crippen molar-refractivity contribution in [2.75, 3.05) is 0 Å². The van der Waals surface area contributed by atoms with Gasteiger partial charge in [-0.15, -0.1) is 5.10 Å². The van der Waals surface area contributed by atoms with Gasteiger partial charge >= 0.3 is 0 Å². The standard InChI is InChI=1S/C26H26ClN5O4S/c1-31-15-19(7-13-26(31)33)18-6-12-24(25(14-18)37(34,35)29-21-4-2-3-5-21)36-17-22-16-32(30-28-22)23-10-8-20(27)9-11-23/h6-16,21,29H,2-5,17H2,1H3. The fourth-order valence-electron chi connectivity index (χ4n) is 4.34. The Labute approximate surface area is 219 Å². The highest BCUT2D eigenvalue weighted by atomic mass is 35.5. The van der Waals surface area contributed by atoms with Crippen LogP contribution in [0.5, 0.6) is 5.75 Å². The molecule has 2 heterocycles. The Bertz CT molecular complexity index is 1580. The van der Waals surface area contributed by atoms with Crippen LogP contribution >= 0.6 is 11.6 Å². The second-order valence-electron chi connectivity index (χ2n) is 9.05. The molecule has 1 aliphatic rings. The average Bonchev–Trinajstić information content (AvgIpc) is 3.57. The number of pyridine rings is 1. The van der Waals surface area contributed by atoms with Gasteiger partial charge in [-0.1, -0.05) is 35.7 Å². The van der Waals surface area contributed by atoms with E-state index in [-0.39, 0.29) is 28.9 Å². The molecule has 5 rings (SSSR count). The maximum Gasteiger partial charge on any atom is 0.250 e. The minimum absolute atomic E-state index is 0.0265. The number of aromatic nitrogens is 4. The Morgan fingerprint density at radius 2 is 1.76 bits per heavy atom. The lowest BCUT2D eigenvalue weighted by Crippen LogP contribution is -2.33. The highest BCUT2D eigenvalue weighted by Crippen LogP contribution is 2.31. The number of rotatable bonds is 8. The van der Waals surface area contributed by atoms with Crippen LogP contribution in [0.15, 0.2) is 76.7 Å². The third-order valence-corrected chi connectivity index (χ3v) is 8.13. The van der Waals surface area contributed by atoms with Crippen LogP contribution < -0.4 is 15.0 Å². The van der Waals surface area contributed by atoms with Crippen LogP contribution in [0.1, 0.15) is 31.4 Å². The number of sulfonamides is 1. The summed E-state index contributed by atoms with van der Waals surface area (Å²) in [5.74, 6) is 0.208. The minimum Gasteiger partial charge on any atom is -0.486 e. The SMILES string of the molecule is Cn1cc(-c2ccc(OCc3cn(-c4ccc(Cl)cc4)nn3)c(S(=O)(=O)NC3CCCC3)c2)ccc1=O. The molecule has 1 saturated carbocycles. The third-order valence-electron chi connectivity index (χ3n) is 6.34. The van der Waals surface area contributed by atoms with Gasteiger partial charge in [0.15, 0.2) is 0 Å². The molecule has 0 radical (unpaired) electrons. The topological polar surface area (TPSA) is 108 Å². The number of hydrogen-bond acceptors (Lipinski definition) is 6. The van der Waals surface area contributed by atoms with E-state index < -0.39 is 10.0 Å². The molecule has 0 unspecified atom stereocenters. The molecule has 0 saturated heterocycles. The van der Waals surface area contributed by atoms with Crippen molar-refractivity contribution >= 4 is 21.6 Å². The predicted molar refractivity (Wildman–Crippen MR) is 140 cm³/mol. The normalized spacial score (nSPS) is 14.2. The second-order valence-corrected chi connectivity index (χ2v) is 11.2. The predicted octanol–water partition coefficient (Wildman–Crippen LogP) is 4.09. The Morgan fingerprint density at radius 1 is 1.03 bits per heavy atom. The van der Waals surface area contributed by atoms with Crippen molar-refractivity contribution in [3.05, 3.63) is 88.1 Å². The molecule has 11 heteroatoms. The summed E-state index contributed by atoms with van der Waals surface area (Å²) in [7, 11) is -2.21. The summed E-state index contributed by atoms with van der Waals surface area (Å²) in [4.78, 5) is 11.9. The molecule has 192 valence electrons. The Hall–Kier alpha value is -3.47. The number of halogens is 1. The summed E-state index contributed by atoms with van der Waals surface area (Å²) in [6.07, 6.45) is 7.00. The van der Waals surface area contributed by atoms with Crippen molar-refractivity contribution < 1.29 is 13.2 Å². The van der Waals surface area contributed by atoms with E-state index in [4.69, 9.17) is 16.3 Å². The summed E-state index contributed by atoms with van der Waals surface area (Å²) in [6, 6.07) is 15.2. The van der Waals surface area contributed by atoms with Crippen molar-refractivity contribution in [3.63, 3.8) is 0 Å². The van der Waals surface area contributed by atoms with E-state index in [0.29, 0.717) is 16.3 Å².